The fourth-order valence-electron chi connectivity index (χ4n) is 18.7. The van der Waals surface area contributed by atoms with Gasteiger partial charge in [-0.05, 0) is 6.92 Å². The molecule has 836 valence electrons. The Bertz CT molecular complexity index is 4150. The number of rotatable bonds is 39. The van der Waals surface area contributed by atoms with Crippen molar-refractivity contribution in [2.75, 3.05) is 66.1 Å². The molecule has 0 bridgehead atoms. The largest absolute Gasteiger partial charge is 0.477 e. The monoisotopic (exact) mass is 2120 g/mol. The lowest BCUT2D eigenvalue weighted by molar-refractivity contribution is -0.407. The number of aliphatic hydroxyl groups excluding tert-OH is 29. The van der Waals surface area contributed by atoms with Gasteiger partial charge in [0.15, 0.2) is 62.9 Å². The molecular weight excluding hydrogens is 1980 g/mol. The molecule has 0 spiro atoms. The van der Waals surface area contributed by atoms with Gasteiger partial charge in [0, 0.05) is 48.0 Å². The van der Waals surface area contributed by atoms with Gasteiger partial charge >= 0.3 is 5.97 Å². The maximum Gasteiger partial charge on any atom is 0.364 e. The molecule has 11 fully saturated rings. The van der Waals surface area contributed by atoms with Crippen LogP contribution in [0, 0.1) is 0 Å². The molecule has 56 atom stereocenters. The van der Waals surface area contributed by atoms with Crippen LogP contribution < -0.4 is 31.9 Å². The molecule has 6 amide bonds. The van der Waals surface area contributed by atoms with Crippen molar-refractivity contribution >= 4 is 41.4 Å². The van der Waals surface area contributed by atoms with Crippen LogP contribution in [0.25, 0.3) is 0 Å². The Morgan fingerprint density at radius 3 is 1.06 bits per heavy atom. The van der Waals surface area contributed by atoms with Crippen molar-refractivity contribution < 1.29 is 286 Å². The molecule has 0 aromatic rings. The van der Waals surface area contributed by atoms with Crippen molar-refractivity contribution in [2.24, 2.45) is 0 Å². The molecule has 11 rings (SSSR count). The Kier molecular flexibility index (Phi) is 42.7. The molecule has 0 aromatic carbocycles. The summed E-state index contributed by atoms with van der Waals surface area (Å²) in [5, 5.41) is 354. The number of carboxylic acids is 1. The molecule has 0 aliphatic carbocycles. The number of hydrogen-bond donors (Lipinski definition) is 36. The zero-order chi connectivity index (χ0) is 107. The third-order valence-electron chi connectivity index (χ3n) is 26.3. The summed E-state index contributed by atoms with van der Waals surface area (Å²) in [6, 6.07) is -11.8. The van der Waals surface area contributed by atoms with Gasteiger partial charge in [0.25, 0.3) is 5.79 Å². The van der Waals surface area contributed by atoms with E-state index in [0.29, 0.717) is 0 Å². The summed E-state index contributed by atoms with van der Waals surface area (Å²) >= 11 is 0. The summed E-state index contributed by atoms with van der Waals surface area (Å²) < 4.78 is 128. The average Bonchev–Trinajstić information content (AvgIpc) is 0.763. The van der Waals surface area contributed by atoms with Crippen molar-refractivity contribution in [3.63, 3.8) is 0 Å². The summed E-state index contributed by atoms with van der Waals surface area (Å²) in [5.74, 6) is -11.1. The van der Waals surface area contributed by atoms with Crippen molar-refractivity contribution in [3.05, 3.63) is 0 Å². The normalized spacial score (nSPS) is 47.2. The fraction of sp³-hybridized carbons (Fsp3) is 0.914. The smallest absolute Gasteiger partial charge is 0.364 e. The molecule has 0 aromatic heterocycles. The predicted molar refractivity (Wildman–Crippen MR) is 448 cm³/mol. The van der Waals surface area contributed by atoms with E-state index in [1.165, 1.54) is 6.92 Å². The Labute approximate surface area is 821 Å². The van der Waals surface area contributed by atoms with E-state index in [1.807, 2.05) is 0 Å². The molecular formula is C81H134N6O58. The first-order valence-corrected chi connectivity index (χ1v) is 46.1. The molecule has 64 nitrogen and oxygen atoms in total. The SMILES string of the molecule is CC(=O)N[C@@H]1[C@@H](O)[C@H](O[C@@H]2O[C@H](CO)[C@@H](O[C@@H]3O[C@H](CO[C@H]4O[C@H](CO)[C@@H](O)[C@H](O)[C@@H]4O[C@@H]4O[C@H](CO)[C@@H](O[C@@H]5O[C@H](CO[C@]6(C(=O)O)C[C@H](O)[C@@H](NC(C)=O)[C@H]([C@H](O)[C@H](O)CO)O6)[C@H](O)[C@H](O)[C@H]5O)[C@H](O)[C@H]4NC(C)=O)[C@@H](O[C@@H]4O[C@H](CO)[C@@H](O)[C@H](O)[C@H]4NC(C)=O)[C@H](O[C@H]4O[C@H](CO)[C@@H](O)[C@H](O)[C@@H]4O[C@@H]4O[C@H](CO)[C@@H](O)[C@H](O)[C@H]4NC(C)=O)[C@@H]3O)[C@H](O)[C@H]2NC(C)=O)[C@@H](CO[C@H]2O[C@H](C)[C@H](O)[C@H](O)[C@H]2O)O[C@H]1O. The summed E-state index contributed by atoms with van der Waals surface area (Å²) in [6.45, 7) is -5.64. The zero-order valence-corrected chi connectivity index (χ0v) is 78.4. The minimum absolute atomic E-state index is 0.849. The van der Waals surface area contributed by atoms with Gasteiger partial charge in [-0.15, -0.1) is 0 Å². The van der Waals surface area contributed by atoms with Crippen LogP contribution in [0.2, 0.25) is 0 Å². The van der Waals surface area contributed by atoms with E-state index in [2.05, 4.69) is 31.9 Å². The first kappa shape index (κ1) is 120. The second-order valence-corrected chi connectivity index (χ2v) is 36.7. The van der Waals surface area contributed by atoms with Crippen LogP contribution in [-0.4, -0.2) is 604 Å². The maximum atomic E-state index is 13.5. The standard InChI is InChI=1S/C81H134N6O58/c1-19-43(103)55(115)59(119)75(128-19)125-16-35-64(52(112)38(70(122)129-35)83-21(3)96)138-73-41(86-24(6)99)53(113)63(33(15-94)134-73)140-77-61(121)67(142-79-69(58(118)48(108)31(13-92)133-79)144-72-40(85-23(5)98)51(111)46(106)29(11-90)131-72)65(141-71-39(84-22(4)97)50(110)45(105)28(10-89)130-71)36(137-77)17-126-78-68(57(117)47(107)30(12-91)132-78)143-74-42(87-25(7)100)54(114)62(32(14-93)135-74)139-76-60(120)56(116)49(109)34(136-76)18-127-81(80(123)124)8-26(101)37(82-20(2)95)66(145-81)44(104)27(102)9-88/h19,26-79,88-94,101-122H,8-18H2,1-7H3,(H,82,95)(H,83,96)(H,84,97)(H,85,98)(H,86,99)(H,87,100)(H,123,124)/t19-,26+,27-,28-,29-,30-,31-,32-,33-,34-,35-,36-,37-,38-,39-,40-,41-,42-,43+,44-,45-,46-,47-,48-,49+,50-,51-,52-,53-,54-,55+,56+,57+,58+,59-,60-,61+,62-,63-,64-,65-,66-,67-,68+,69+,70-,71+,72+,73+,74+,75+,76+,77+,78+,79-,81-/m1/s1. The lowest BCUT2D eigenvalue weighted by Gasteiger charge is -2.52. The van der Waals surface area contributed by atoms with E-state index in [4.69, 9.17) is 99.5 Å². The first-order valence-electron chi connectivity index (χ1n) is 46.1. The second kappa shape index (κ2) is 51.8. The highest BCUT2D eigenvalue weighted by atomic mass is 16.8. The molecule has 0 radical (unpaired) electrons. The number of amides is 6. The Morgan fingerprint density at radius 1 is 0.297 bits per heavy atom. The quantitative estimate of drug-likeness (QED) is 0.0272. The third kappa shape index (κ3) is 27.0. The van der Waals surface area contributed by atoms with Gasteiger partial charge in [-0.1, -0.05) is 0 Å². The molecule has 11 aliphatic rings. The Morgan fingerprint density at radius 2 is 0.614 bits per heavy atom. The van der Waals surface area contributed by atoms with Crippen molar-refractivity contribution in [1.82, 2.24) is 31.9 Å². The highest BCUT2D eigenvalue weighted by Crippen LogP contribution is 2.43. The van der Waals surface area contributed by atoms with Gasteiger partial charge < -0.3 is 285 Å². The van der Waals surface area contributed by atoms with E-state index in [9.17, 15) is 187 Å². The molecule has 11 saturated heterocycles. The van der Waals surface area contributed by atoms with E-state index in [1.54, 1.807) is 0 Å². The lowest BCUT2D eigenvalue weighted by Crippen LogP contribution is -2.71. The molecule has 145 heavy (non-hydrogen) atoms. The van der Waals surface area contributed by atoms with E-state index >= 15 is 0 Å². The van der Waals surface area contributed by atoms with Crippen LogP contribution >= 0.6 is 0 Å². The molecule has 11 aliphatic heterocycles. The predicted octanol–water partition coefficient (Wildman–Crippen LogP) is -23.9. The van der Waals surface area contributed by atoms with Crippen molar-refractivity contribution in [2.45, 2.75) is 398 Å². The number of ether oxygens (including phenoxy) is 21. The summed E-state index contributed by atoms with van der Waals surface area (Å²) in [7, 11) is 0. The summed E-state index contributed by atoms with van der Waals surface area (Å²) in [4.78, 5) is 91.0. The topological polar surface area (TPSA) is 992 Å². The highest BCUT2D eigenvalue weighted by molar-refractivity contribution is 5.77. The van der Waals surface area contributed by atoms with Crippen molar-refractivity contribution in [1.29, 1.82) is 0 Å². The number of aliphatic carboxylic acids is 1. The second-order valence-electron chi connectivity index (χ2n) is 36.7. The van der Waals surface area contributed by atoms with Crippen LogP contribution in [0.1, 0.15) is 54.9 Å². The summed E-state index contributed by atoms with van der Waals surface area (Å²) in [5.41, 5.74) is 0. The average molecular weight is 2120 g/mol. The molecule has 0 unspecified atom stereocenters. The maximum absolute atomic E-state index is 13.5. The Balaban J connectivity index is 0.973. The lowest BCUT2D eigenvalue weighted by atomic mass is 9.88. The van der Waals surface area contributed by atoms with Gasteiger partial charge in [0.1, 0.15) is 256 Å². The van der Waals surface area contributed by atoms with Gasteiger partial charge in [-0.3, -0.25) is 28.8 Å². The van der Waals surface area contributed by atoms with E-state index < -0.39 is 457 Å². The Hall–Kier alpha value is -5.71. The number of carbonyl (C=O) groups excluding carboxylic acids is 6. The van der Waals surface area contributed by atoms with E-state index in [0.717, 1.165) is 41.5 Å². The fourth-order valence-corrected chi connectivity index (χ4v) is 18.7. The van der Waals surface area contributed by atoms with Crippen LogP contribution in [0.15, 0.2) is 0 Å². The van der Waals surface area contributed by atoms with Gasteiger partial charge in [-0.2, -0.15) is 0 Å². The first-order chi connectivity index (χ1) is 68.3. The van der Waals surface area contributed by atoms with Gasteiger partial charge in [0.2, 0.25) is 35.4 Å². The third-order valence-corrected chi connectivity index (χ3v) is 26.3. The minimum Gasteiger partial charge on any atom is -0.477 e. The highest BCUT2D eigenvalue weighted by Gasteiger charge is 2.64. The molecule has 36 N–H and O–H groups in total. The number of carboxylic acid groups (broad SMARTS) is 1. The minimum atomic E-state index is -3.13. The van der Waals surface area contributed by atoms with E-state index in [-0.39, 0.29) is 0 Å². The number of aliphatic hydroxyl groups is 29. The van der Waals surface area contributed by atoms with Gasteiger partial charge in [0.05, 0.1) is 84.3 Å². The molecule has 11 heterocycles. The summed E-state index contributed by atoms with van der Waals surface area (Å²) in [6.07, 6.45) is -110. The number of nitrogens with one attached hydrogen (secondary N) is 6. The number of hydrogen-bond acceptors (Lipinski definition) is 57. The number of carbonyl (C=O) groups is 7. The zero-order valence-electron chi connectivity index (χ0n) is 78.4. The van der Waals surface area contributed by atoms with Crippen molar-refractivity contribution in [3.8, 4) is 0 Å². The molecule has 64 heteroatoms. The van der Waals surface area contributed by atoms with Crippen LogP contribution in [0.3, 0.4) is 0 Å². The van der Waals surface area contributed by atoms with Crippen LogP contribution in [0.4, 0.5) is 0 Å². The molecule has 0 saturated carbocycles. The van der Waals surface area contributed by atoms with Gasteiger partial charge in [-0.25, -0.2) is 4.79 Å². The van der Waals surface area contributed by atoms with Crippen LogP contribution in [0.5, 0.6) is 0 Å². The van der Waals surface area contributed by atoms with Crippen LogP contribution in [-0.2, 0) is 133 Å².